The monoisotopic (exact) mass is 228 g/mol. The van der Waals surface area contributed by atoms with Crippen LogP contribution < -0.4 is 5.73 Å². The summed E-state index contributed by atoms with van der Waals surface area (Å²) < 4.78 is 0. The lowest BCUT2D eigenvalue weighted by atomic mass is 9.75. The van der Waals surface area contributed by atoms with Gasteiger partial charge in [0.2, 0.25) is 0 Å². The Balaban J connectivity index is 2.38. The van der Waals surface area contributed by atoms with E-state index in [9.17, 15) is 5.11 Å². The smallest absolute Gasteiger partial charge is 0.0867 e. The summed E-state index contributed by atoms with van der Waals surface area (Å²) in [6.07, 6.45) is 2.48. The Morgan fingerprint density at radius 2 is 1.69 bits per heavy atom. The highest BCUT2D eigenvalue weighted by atomic mass is 16.3. The molecule has 1 aliphatic heterocycles. The van der Waals surface area contributed by atoms with E-state index in [-0.39, 0.29) is 0 Å². The molecule has 1 heterocycles. The predicted octanol–water partition coefficient (Wildman–Crippen LogP) is 1.45. The predicted molar refractivity (Wildman–Crippen MR) is 68.3 cm³/mol. The lowest BCUT2D eigenvalue weighted by Gasteiger charge is -2.40. The van der Waals surface area contributed by atoms with E-state index in [2.05, 4.69) is 25.7 Å². The molecule has 0 saturated carbocycles. The summed E-state index contributed by atoms with van der Waals surface area (Å²) in [4.78, 5) is 2.34. The number of piperidine rings is 1. The second-order valence-corrected chi connectivity index (χ2v) is 6.62. The first-order valence-electron chi connectivity index (χ1n) is 6.39. The van der Waals surface area contributed by atoms with Crippen molar-refractivity contribution in [2.45, 2.75) is 46.1 Å². The number of nitrogens with two attached hydrogens (primary N) is 1. The van der Waals surface area contributed by atoms with Crippen LogP contribution in [0.3, 0.4) is 0 Å². The molecule has 3 heteroatoms. The van der Waals surface area contributed by atoms with Crippen LogP contribution in [0.15, 0.2) is 0 Å². The molecule has 1 saturated heterocycles. The minimum Gasteiger partial charge on any atom is -0.388 e. The molecule has 1 atom stereocenters. The minimum absolute atomic E-state index is 0.339. The third-order valence-electron chi connectivity index (χ3n) is 3.82. The van der Waals surface area contributed by atoms with E-state index in [4.69, 9.17) is 5.73 Å². The molecule has 1 aliphatic rings. The van der Waals surface area contributed by atoms with Crippen molar-refractivity contribution < 1.29 is 5.11 Å². The Hall–Kier alpha value is -0.120. The summed E-state index contributed by atoms with van der Waals surface area (Å²) in [7, 11) is 0. The molecule has 0 aliphatic carbocycles. The van der Waals surface area contributed by atoms with Crippen LogP contribution in [0.5, 0.6) is 0 Å². The van der Waals surface area contributed by atoms with Crippen LogP contribution in [0.2, 0.25) is 0 Å². The highest BCUT2D eigenvalue weighted by molar-refractivity contribution is 4.84. The molecule has 96 valence electrons. The van der Waals surface area contributed by atoms with Gasteiger partial charge in [-0.2, -0.15) is 0 Å². The van der Waals surface area contributed by atoms with Gasteiger partial charge in [0.05, 0.1) is 5.60 Å². The Morgan fingerprint density at radius 1 is 1.19 bits per heavy atom. The first-order valence-corrected chi connectivity index (χ1v) is 6.39. The quantitative estimate of drug-likeness (QED) is 0.769. The minimum atomic E-state index is -0.728. The maximum absolute atomic E-state index is 9.93. The Morgan fingerprint density at radius 3 is 2.06 bits per heavy atom. The van der Waals surface area contributed by atoms with Gasteiger partial charge in [0, 0.05) is 13.1 Å². The normalized spacial score (nSPS) is 24.4. The average molecular weight is 228 g/mol. The van der Waals surface area contributed by atoms with E-state index in [1.54, 1.807) is 0 Å². The van der Waals surface area contributed by atoms with Gasteiger partial charge in [0.25, 0.3) is 0 Å². The molecular formula is C13H28N2O. The number of hydrogen-bond donors (Lipinski definition) is 2. The van der Waals surface area contributed by atoms with Crippen LogP contribution in [-0.2, 0) is 0 Å². The molecule has 0 aromatic carbocycles. The average Bonchev–Trinajstić information content (AvgIpc) is 2.16. The molecule has 0 aromatic rings. The third-order valence-corrected chi connectivity index (χ3v) is 3.82. The second-order valence-electron chi connectivity index (χ2n) is 6.62. The number of nitrogens with zero attached hydrogens (tertiary/aromatic N) is 1. The van der Waals surface area contributed by atoms with Gasteiger partial charge in [-0.05, 0) is 44.2 Å². The van der Waals surface area contributed by atoms with Gasteiger partial charge < -0.3 is 15.7 Å². The van der Waals surface area contributed by atoms with E-state index in [1.165, 1.54) is 12.8 Å². The highest BCUT2D eigenvalue weighted by Gasteiger charge is 2.31. The molecule has 1 unspecified atom stereocenters. The van der Waals surface area contributed by atoms with Crippen LogP contribution >= 0.6 is 0 Å². The van der Waals surface area contributed by atoms with Gasteiger partial charge >= 0.3 is 0 Å². The van der Waals surface area contributed by atoms with Gasteiger partial charge in [-0.3, -0.25) is 0 Å². The lowest BCUT2D eigenvalue weighted by Crippen LogP contribution is -2.49. The van der Waals surface area contributed by atoms with E-state index in [0.717, 1.165) is 19.0 Å². The van der Waals surface area contributed by atoms with Crippen LogP contribution in [0.1, 0.15) is 40.5 Å². The van der Waals surface area contributed by atoms with Gasteiger partial charge in [0.15, 0.2) is 0 Å². The standard InChI is InChI=1S/C13H28N2O/c1-12(2,3)11-5-7-15(8-6-11)10-13(4,16)9-14/h11,16H,5-10,14H2,1-4H3. The molecule has 0 spiro atoms. The summed E-state index contributed by atoms with van der Waals surface area (Å²) in [6, 6.07) is 0. The zero-order valence-electron chi connectivity index (χ0n) is 11.3. The van der Waals surface area contributed by atoms with Crippen LogP contribution in [0.25, 0.3) is 0 Å². The van der Waals surface area contributed by atoms with E-state index in [1.807, 2.05) is 6.92 Å². The Kier molecular flexibility index (Phi) is 4.38. The summed E-state index contributed by atoms with van der Waals surface area (Å²) >= 11 is 0. The number of rotatable bonds is 3. The molecule has 3 N–H and O–H groups in total. The summed E-state index contributed by atoms with van der Waals surface area (Å²) in [5.41, 5.74) is 5.23. The van der Waals surface area contributed by atoms with Gasteiger partial charge in [-0.1, -0.05) is 20.8 Å². The summed E-state index contributed by atoms with van der Waals surface area (Å²) in [5.74, 6) is 0.812. The van der Waals surface area contributed by atoms with Gasteiger partial charge in [-0.15, -0.1) is 0 Å². The van der Waals surface area contributed by atoms with Crippen molar-refractivity contribution in [3.63, 3.8) is 0 Å². The molecule has 16 heavy (non-hydrogen) atoms. The maximum Gasteiger partial charge on any atom is 0.0867 e. The molecule has 0 amide bonds. The summed E-state index contributed by atoms with van der Waals surface area (Å²) in [6.45, 7) is 12.0. The van der Waals surface area contributed by atoms with Crippen LogP contribution in [0.4, 0.5) is 0 Å². The molecule has 3 nitrogen and oxygen atoms in total. The first-order chi connectivity index (χ1) is 7.24. The summed E-state index contributed by atoms with van der Waals surface area (Å²) in [5, 5.41) is 9.93. The number of β-amino-alcohol motifs (C(OH)–C–C–N with tert-alkyl or cyclic N) is 1. The van der Waals surface area contributed by atoms with E-state index >= 15 is 0 Å². The largest absolute Gasteiger partial charge is 0.388 e. The Bertz CT molecular complexity index is 212. The van der Waals surface area contributed by atoms with Crippen molar-refractivity contribution in [2.24, 2.45) is 17.1 Å². The fourth-order valence-electron chi connectivity index (χ4n) is 2.50. The first kappa shape index (κ1) is 13.9. The van der Waals surface area contributed by atoms with Crippen molar-refractivity contribution in [3.8, 4) is 0 Å². The van der Waals surface area contributed by atoms with Gasteiger partial charge in [-0.25, -0.2) is 0 Å². The lowest BCUT2D eigenvalue weighted by molar-refractivity contribution is 0.00835. The van der Waals surface area contributed by atoms with Crippen molar-refractivity contribution in [2.75, 3.05) is 26.2 Å². The number of hydrogen-bond acceptors (Lipinski definition) is 3. The SMILES string of the molecule is CC(O)(CN)CN1CCC(C(C)(C)C)CC1. The maximum atomic E-state index is 9.93. The molecule has 0 aromatic heterocycles. The highest BCUT2D eigenvalue weighted by Crippen LogP contribution is 2.34. The zero-order valence-corrected chi connectivity index (χ0v) is 11.3. The van der Waals surface area contributed by atoms with Crippen molar-refractivity contribution in [3.05, 3.63) is 0 Å². The molecular weight excluding hydrogens is 200 g/mol. The molecule has 0 radical (unpaired) electrons. The van der Waals surface area contributed by atoms with Crippen LogP contribution in [0, 0.1) is 11.3 Å². The third kappa shape index (κ3) is 4.04. The number of aliphatic hydroxyl groups is 1. The van der Waals surface area contributed by atoms with Crippen molar-refractivity contribution in [1.82, 2.24) is 4.90 Å². The molecule has 1 fully saturated rings. The van der Waals surface area contributed by atoms with Crippen LogP contribution in [-0.4, -0.2) is 41.8 Å². The fourth-order valence-corrected chi connectivity index (χ4v) is 2.50. The fraction of sp³-hybridized carbons (Fsp3) is 1.00. The number of likely N-dealkylation sites (tertiary alicyclic amines) is 1. The Labute approximate surface area is 100 Å². The zero-order chi connectivity index (χ0) is 12.4. The topological polar surface area (TPSA) is 49.5 Å². The van der Waals surface area contributed by atoms with Crippen molar-refractivity contribution in [1.29, 1.82) is 0 Å². The van der Waals surface area contributed by atoms with E-state index in [0.29, 0.717) is 18.5 Å². The van der Waals surface area contributed by atoms with Crippen molar-refractivity contribution >= 4 is 0 Å². The van der Waals surface area contributed by atoms with E-state index < -0.39 is 5.60 Å². The van der Waals surface area contributed by atoms with Gasteiger partial charge in [0.1, 0.15) is 0 Å². The molecule has 1 rings (SSSR count). The second kappa shape index (κ2) is 5.03. The molecule has 0 bridgehead atoms.